The smallest absolute Gasteiger partial charge is 0.315 e. The van der Waals surface area contributed by atoms with Crippen LogP contribution in [0.25, 0.3) is 0 Å². The van der Waals surface area contributed by atoms with Crippen molar-refractivity contribution in [1.82, 2.24) is 37.2 Å². The largest absolute Gasteiger partial charge is 0.394 e. The average molecular weight is 1250 g/mol. The lowest BCUT2D eigenvalue weighted by molar-refractivity contribution is -0.353. The van der Waals surface area contributed by atoms with Gasteiger partial charge in [-0.2, -0.15) is 11.8 Å². The third kappa shape index (κ3) is 24.3. The molecule has 5 aliphatic heterocycles. The molecule has 33 heteroatoms. The Morgan fingerprint density at radius 1 is 0.518 bits per heavy atom. The van der Waals surface area contributed by atoms with Crippen molar-refractivity contribution in [3.63, 3.8) is 0 Å². The number of ether oxygens (including phenoxy) is 12. The van der Waals surface area contributed by atoms with Crippen molar-refractivity contribution in [3.05, 3.63) is 0 Å². The van der Waals surface area contributed by atoms with Crippen LogP contribution in [0.15, 0.2) is 0 Å². The number of fused-ring (bicyclic) bond motifs is 1. The molecule has 0 aromatic carbocycles. The average Bonchev–Trinajstić information content (AvgIpc) is 2.54. The lowest BCUT2D eigenvalue weighted by Crippen LogP contribution is -2.71. The minimum Gasteiger partial charge on any atom is -0.394 e. The van der Waals surface area contributed by atoms with Gasteiger partial charge in [0.05, 0.1) is 118 Å². The van der Waals surface area contributed by atoms with Gasteiger partial charge in [-0.05, 0) is 19.3 Å². The van der Waals surface area contributed by atoms with Crippen molar-refractivity contribution in [1.29, 1.82) is 0 Å². The van der Waals surface area contributed by atoms with Crippen LogP contribution in [-0.4, -0.2) is 305 Å². The highest BCUT2D eigenvalue weighted by Crippen LogP contribution is 2.35. The molecule has 0 aliphatic carbocycles. The molecule has 0 spiro atoms. The summed E-state index contributed by atoms with van der Waals surface area (Å²) < 4.78 is 68.5. The Hall–Kier alpha value is -3.79. The van der Waals surface area contributed by atoms with Gasteiger partial charge in [0, 0.05) is 57.7 Å². The normalized spacial score (nSPS) is 31.8. The van der Waals surface area contributed by atoms with Gasteiger partial charge in [0.15, 0.2) is 18.9 Å². The van der Waals surface area contributed by atoms with Gasteiger partial charge in [-0.25, -0.2) is 4.79 Å². The van der Waals surface area contributed by atoms with Gasteiger partial charge >= 0.3 is 6.03 Å². The number of carbonyl (C=O) groups is 6. The second-order valence-corrected chi connectivity index (χ2v) is 22.0. The molecule has 0 unspecified atom stereocenters. The quantitative estimate of drug-likeness (QED) is 0.0200. The first-order valence-corrected chi connectivity index (χ1v) is 29.9. The Morgan fingerprint density at radius 3 is 1.48 bits per heavy atom. The molecule has 14 N–H and O–H groups in total. The van der Waals surface area contributed by atoms with Crippen molar-refractivity contribution in [2.24, 2.45) is 0 Å². The van der Waals surface area contributed by atoms with Crippen molar-refractivity contribution in [2.75, 3.05) is 125 Å². The summed E-state index contributed by atoms with van der Waals surface area (Å²) in [5, 5.41) is 94.6. The fourth-order valence-electron chi connectivity index (χ4n) is 9.98. The van der Waals surface area contributed by atoms with E-state index in [-0.39, 0.29) is 69.1 Å². The van der Waals surface area contributed by atoms with Gasteiger partial charge in [0.25, 0.3) is 0 Å². The van der Waals surface area contributed by atoms with Gasteiger partial charge in [-0.1, -0.05) is 6.42 Å². The first-order chi connectivity index (χ1) is 40.9. The van der Waals surface area contributed by atoms with E-state index in [1.807, 2.05) is 11.8 Å². The van der Waals surface area contributed by atoms with E-state index in [0.717, 1.165) is 38.9 Å². The van der Waals surface area contributed by atoms with Gasteiger partial charge in [-0.3, -0.25) is 24.0 Å². The predicted molar refractivity (Wildman–Crippen MR) is 294 cm³/mol. The summed E-state index contributed by atoms with van der Waals surface area (Å²) in [4.78, 5) is 72.9. The highest BCUT2D eigenvalue weighted by atomic mass is 32.2. The molecular formula is C52H91N7O25S. The summed E-state index contributed by atoms with van der Waals surface area (Å²) >= 11 is 1.88. The number of thioether (sulfide) groups is 1. The molecule has 490 valence electrons. The van der Waals surface area contributed by atoms with E-state index >= 15 is 0 Å². The number of aliphatic hydroxyl groups excluding tert-OH is 7. The number of unbranched alkanes of at least 4 members (excludes halogenated alkanes) is 1. The fraction of sp³-hybridized carbons (Fsp3) is 0.885. The Balaban J connectivity index is 0.866. The van der Waals surface area contributed by atoms with Crippen molar-refractivity contribution in [3.8, 4) is 0 Å². The maximum atomic E-state index is 12.5. The molecule has 0 bridgehead atoms. The number of rotatable bonds is 41. The summed E-state index contributed by atoms with van der Waals surface area (Å²) in [6.07, 6.45) is -15.5. The van der Waals surface area contributed by atoms with Crippen LogP contribution in [0, 0.1) is 0 Å². The molecule has 0 aromatic heterocycles. The first-order valence-electron chi connectivity index (χ1n) is 28.9. The monoisotopic (exact) mass is 1250 g/mol. The number of hydrogen-bond donors (Lipinski definition) is 14. The van der Waals surface area contributed by atoms with Crippen LogP contribution in [0.3, 0.4) is 0 Å². The van der Waals surface area contributed by atoms with Crippen LogP contribution >= 0.6 is 11.8 Å². The Labute approximate surface area is 497 Å². The summed E-state index contributed by atoms with van der Waals surface area (Å²) in [5.41, 5.74) is 0. The molecule has 5 aliphatic rings. The summed E-state index contributed by atoms with van der Waals surface area (Å²) in [6.45, 7) is 5.71. The number of carbonyl (C=O) groups excluding carboxylic acids is 6. The number of nitrogens with one attached hydrogen (secondary N) is 7. The summed E-state index contributed by atoms with van der Waals surface area (Å²) in [5.74, 6) is -1.32. The molecule has 0 radical (unpaired) electrons. The van der Waals surface area contributed by atoms with Crippen LogP contribution < -0.4 is 37.2 Å². The maximum Gasteiger partial charge on any atom is 0.315 e. The first kappa shape index (κ1) is 72.0. The van der Waals surface area contributed by atoms with E-state index in [4.69, 9.17) is 56.8 Å². The second-order valence-electron chi connectivity index (χ2n) is 20.7. The van der Waals surface area contributed by atoms with Crippen molar-refractivity contribution < 1.29 is 121 Å². The second kappa shape index (κ2) is 39.3. The topological polar surface area (TPSA) is 439 Å². The van der Waals surface area contributed by atoms with Crippen LogP contribution in [0.4, 0.5) is 4.79 Å². The molecule has 0 aromatic rings. The highest BCUT2D eigenvalue weighted by molar-refractivity contribution is 8.00. The lowest BCUT2D eigenvalue weighted by atomic mass is 9.93. The van der Waals surface area contributed by atoms with Crippen molar-refractivity contribution >= 4 is 47.3 Å². The van der Waals surface area contributed by atoms with Crippen LogP contribution in [0.1, 0.15) is 59.3 Å². The Kier molecular flexibility index (Phi) is 33.2. The van der Waals surface area contributed by atoms with E-state index in [2.05, 4.69) is 37.2 Å². The maximum absolute atomic E-state index is 12.5. The van der Waals surface area contributed by atoms with E-state index < -0.39 is 129 Å². The van der Waals surface area contributed by atoms with Gasteiger partial charge in [0.1, 0.15) is 73.1 Å². The zero-order valence-corrected chi connectivity index (χ0v) is 49.3. The molecule has 0 saturated carbocycles. The van der Waals surface area contributed by atoms with Crippen LogP contribution in [0.2, 0.25) is 0 Å². The molecule has 5 rings (SSSR count). The molecule has 7 amide bonds. The summed E-state index contributed by atoms with van der Waals surface area (Å²) in [6, 6.07) is -4.00. The molecule has 18 atom stereocenters. The SMILES string of the molecule is CC(=O)N[C@H]1[C@@H](OCCCNC(=O)CCOCCOCCOCCOCCOCCOCCNC(=O)CCCC[C@@H]2SC[C@@H]3NC(=O)N[C@@H]32)O[C@H](CO)[C@H](O[C@H]2O[C@H](CO)[C@H](O[C@H]3O[C@H](CO)[C@H](O)[C@H](O)[C@H]3NC(C)=O)[C@H](O)[C@H]2NC(C)=O)[C@@H]1O. The van der Waals surface area contributed by atoms with Crippen LogP contribution in [-0.2, 0) is 80.8 Å². The highest BCUT2D eigenvalue weighted by Gasteiger charge is 2.55. The number of hydrogen-bond acceptors (Lipinski definition) is 26. The van der Waals surface area contributed by atoms with Gasteiger partial charge in [0.2, 0.25) is 29.5 Å². The van der Waals surface area contributed by atoms with E-state index in [1.165, 1.54) is 6.92 Å². The molecule has 32 nitrogen and oxygen atoms in total. The zero-order valence-electron chi connectivity index (χ0n) is 48.5. The number of urea groups is 1. The Bertz CT molecular complexity index is 2000. The summed E-state index contributed by atoms with van der Waals surface area (Å²) in [7, 11) is 0. The standard InChI is InChI=1S/C52H91N7O25S/c1-29(63)55-40-44(69)43(68)33(25-60)80-50(40)83-48-35(27-62)82-51(42(46(48)71)57-31(3)65)84-47-34(26-61)81-49(41(45(47)70)56-30(2)64)79-12-6-10-53-38(67)9-13-73-15-17-75-19-21-77-23-24-78-22-20-76-18-16-74-14-11-54-37(66)8-5-4-7-36-39-32(28-85-36)58-52(72)59-39/h32-36,39-51,60-62,68-71H,4-28H2,1-3H3,(H,53,67)(H,54,66)(H,55,63)(H,56,64)(H,57,65)(H2,58,59,72)/t32-,33+,34+,35+,36-,39-,40+,41+,42+,43-,44+,45+,46+,47-,48-,49-,50+,51+/m0/s1. The molecule has 5 saturated heterocycles. The zero-order chi connectivity index (χ0) is 61.7. The number of aliphatic hydroxyl groups is 7. The molecule has 5 fully saturated rings. The fourth-order valence-corrected chi connectivity index (χ4v) is 11.5. The molecule has 85 heavy (non-hydrogen) atoms. The Morgan fingerprint density at radius 2 is 0.965 bits per heavy atom. The minimum absolute atomic E-state index is 0.00345. The number of amides is 7. The minimum atomic E-state index is -1.82. The van der Waals surface area contributed by atoms with Gasteiger partial charge in [-0.15, -0.1) is 0 Å². The predicted octanol–water partition coefficient (Wildman–Crippen LogP) is -6.28. The van der Waals surface area contributed by atoms with E-state index in [1.54, 1.807) is 0 Å². The third-order valence-electron chi connectivity index (χ3n) is 14.2. The molecule has 5 heterocycles. The lowest BCUT2D eigenvalue weighted by Gasteiger charge is -2.50. The van der Waals surface area contributed by atoms with Crippen LogP contribution in [0.5, 0.6) is 0 Å². The molecular weight excluding hydrogens is 1150 g/mol. The van der Waals surface area contributed by atoms with E-state index in [0.29, 0.717) is 84.3 Å². The third-order valence-corrected chi connectivity index (χ3v) is 15.7. The van der Waals surface area contributed by atoms with E-state index in [9.17, 15) is 64.5 Å². The van der Waals surface area contributed by atoms with Gasteiger partial charge < -0.3 is 130 Å². The van der Waals surface area contributed by atoms with Crippen molar-refractivity contribution in [2.45, 2.75) is 169 Å².